The number of nitrogens with two attached hydrogens (primary N) is 3. The maximum Gasteiger partial charge on any atom is 0.339 e. The fourth-order valence-corrected chi connectivity index (χ4v) is 5.49. The Morgan fingerprint density at radius 1 is 1.03 bits per heavy atom. The zero-order valence-corrected chi connectivity index (χ0v) is 20.3. The van der Waals surface area contributed by atoms with E-state index in [9.17, 15) is 29.7 Å². The number of nitrogen functional groups attached to an aromatic ring is 1. The third-order valence-corrected chi connectivity index (χ3v) is 7.59. The monoisotopic (exact) mass is 501 g/mol. The minimum Gasteiger partial charge on any atom is -0.481 e. The first kappa shape index (κ1) is 27.1. The van der Waals surface area contributed by atoms with Crippen LogP contribution < -0.4 is 21.9 Å². The predicted octanol–water partition coefficient (Wildman–Crippen LogP) is 1.49. The lowest BCUT2D eigenvalue weighted by atomic mass is 9.62. The molecule has 1 aliphatic heterocycles. The molecule has 1 aliphatic rings. The minimum atomic E-state index is -2.23. The van der Waals surface area contributed by atoms with Gasteiger partial charge in [-0.1, -0.05) is 0 Å². The Bertz CT molecular complexity index is 897. The molecular formula is C21H31N3O7S2. The van der Waals surface area contributed by atoms with Crippen molar-refractivity contribution < 1.29 is 34.4 Å². The Kier molecular flexibility index (Phi) is 8.55. The van der Waals surface area contributed by atoms with Crippen LogP contribution in [0.4, 0.5) is 5.69 Å². The zero-order valence-electron chi connectivity index (χ0n) is 18.6. The summed E-state index contributed by atoms with van der Waals surface area (Å²) < 4.78 is 6.27. The van der Waals surface area contributed by atoms with Gasteiger partial charge in [0, 0.05) is 11.3 Å². The normalized spacial score (nSPS) is 21.6. The Balaban J connectivity index is 2.94. The number of hydrogen-bond acceptors (Lipinski definition) is 9. The number of aliphatic carboxylic acids is 2. The molecule has 0 bridgehead atoms. The van der Waals surface area contributed by atoms with E-state index in [2.05, 4.69) is 0 Å². The van der Waals surface area contributed by atoms with E-state index in [0.29, 0.717) is 17.1 Å². The van der Waals surface area contributed by atoms with E-state index >= 15 is 0 Å². The van der Waals surface area contributed by atoms with Crippen molar-refractivity contribution in [1.82, 2.24) is 0 Å². The molecule has 12 heteroatoms. The van der Waals surface area contributed by atoms with E-state index in [1.165, 1.54) is 35.7 Å². The second-order valence-corrected chi connectivity index (χ2v) is 10.1. The number of benzene rings is 1. The van der Waals surface area contributed by atoms with Gasteiger partial charge in [0.25, 0.3) is 0 Å². The van der Waals surface area contributed by atoms with Crippen molar-refractivity contribution in [3.8, 4) is 5.75 Å². The molecule has 0 radical (unpaired) electrons. The van der Waals surface area contributed by atoms with Crippen molar-refractivity contribution in [1.29, 1.82) is 0 Å². The third kappa shape index (κ3) is 4.61. The van der Waals surface area contributed by atoms with Crippen LogP contribution in [0.15, 0.2) is 12.1 Å². The fourth-order valence-electron chi connectivity index (χ4n) is 4.44. The summed E-state index contributed by atoms with van der Waals surface area (Å²) in [6, 6.07) is 2.67. The molecule has 0 aromatic heterocycles. The van der Waals surface area contributed by atoms with Crippen LogP contribution in [0.5, 0.6) is 5.75 Å². The van der Waals surface area contributed by atoms with E-state index < -0.39 is 34.6 Å². The third-order valence-electron chi connectivity index (χ3n) is 6.36. The van der Waals surface area contributed by atoms with Gasteiger partial charge in [-0.25, -0.2) is 4.79 Å². The van der Waals surface area contributed by atoms with Gasteiger partial charge in [-0.2, -0.15) is 23.5 Å². The van der Waals surface area contributed by atoms with E-state index in [4.69, 9.17) is 21.9 Å². The standard InChI is InChI=1S/C21H31N3O7S2/c1-32-10-8-19(23,17(27)28)21(20(24,18(29)30)9-11-33-2)7-3-4-12-14(22)6-5-13(16(25)26)15(12)31-21/h5-6H,3-4,7-11,22-24H2,1-2H3,(H,25,26)(H,27,28)(H,29,30). The number of thioether (sulfide) groups is 2. The summed E-state index contributed by atoms with van der Waals surface area (Å²) in [5, 5.41) is 30.4. The van der Waals surface area contributed by atoms with Crippen LogP contribution >= 0.6 is 23.5 Å². The lowest BCUT2D eigenvalue weighted by Gasteiger charge is -2.53. The van der Waals surface area contributed by atoms with Gasteiger partial charge in [0.15, 0.2) is 16.7 Å². The number of aromatic carboxylic acids is 1. The van der Waals surface area contributed by atoms with Crippen LogP contribution in [-0.2, 0) is 16.0 Å². The molecule has 184 valence electrons. The van der Waals surface area contributed by atoms with Crippen molar-refractivity contribution in [3.05, 3.63) is 23.3 Å². The Morgan fingerprint density at radius 2 is 1.55 bits per heavy atom. The van der Waals surface area contributed by atoms with Gasteiger partial charge in [0.05, 0.1) is 0 Å². The molecule has 1 aromatic carbocycles. The van der Waals surface area contributed by atoms with Crippen molar-refractivity contribution >= 4 is 47.1 Å². The second kappa shape index (κ2) is 10.4. The summed E-state index contributed by atoms with van der Waals surface area (Å²) in [5.74, 6) is -3.86. The quantitative estimate of drug-likeness (QED) is 0.239. The molecule has 0 saturated carbocycles. The van der Waals surface area contributed by atoms with Gasteiger partial charge < -0.3 is 37.3 Å². The molecule has 0 fully saturated rings. The Morgan fingerprint density at radius 3 is 1.97 bits per heavy atom. The summed E-state index contributed by atoms with van der Waals surface area (Å²) in [7, 11) is 0. The maximum atomic E-state index is 12.7. The van der Waals surface area contributed by atoms with Gasteiger partial charge in [0.1, 0.15) is 11.3 Å². The summed E-state index contributed by atoms with van der Waals surface area (Å²) in [4.78, 5) is 37.3. The highest BCUT2D eigenvalue weighted by molar-refractivity contribution is 7.98. The van der Waals surface area contributed by atoms with Crippen LogP contribution in [0.1, 0.15) is 41.6 Å². The molecule has 2 rings (SSSR count). The van der Waals surface area contributed by atoms with Gasteiger partial charge in [-0.05, 0) is 68.3 Å². The Hall–Kier alpha value is -2.15. The minimum absolute atomic E-state index is 0.117. The van der Waals surface area contributed by atoms with Crippen molar-refractivity contribution in [2.24, 2.45) is 11.5 Å². The average Bonchev–Trinajstić information content (AvgIpc) is 2.97. The van der Waals surface area contributed by atoms with E-state index in [-0.39, 0.29) is 49.1 Å². The van der Waals surface area contributed by atoms with Crippen LogP contribution in [-0.4, -0.2) is 73.9 Å². The van der Waals surface area contributed by atoms with Crippen LogP contribution in [0.2, 0.25) is 0 Å². The molecule has 10 nitrogen and oxygen atoms in total. The van der Waals surface area contributed by atoms with Crippen LogP contribution in [0.25, 0.3) is 0 Å². The highest BCUT2D eigenvalue weighted by Crippen LogP contribution is 2.48. The highest BCUT2D eigenvalue weighted by atomic mass is 32.2. The van der Waals surface area contributed by atoms with Crippen LogP contribution in [0, 0.1) is 0 Å². The highest BCUT2D eigenvalue weighted by Gasteiger charge is 2.69. The van der Waals surface area contributed by atoms with Crippen molar-refractivity contribution in [2.45, 2.75) is 48.8 Å². The van der Waals surface area contributed by atoms with Crippen molar-refractivity contribution in [2.75, 3.05) is 29.8 Å². The van der Waals surface area contributed by atoms with Gasteiger partial charge >= 0.3 is 17.9 Å². The van der Waals surface area contributed by atoms with E-state index in [1.807, 2.05) is 0 Å². The molecular weight excluding hydrogens is 470 g/mol. The number of anilines is 1. The summed E-state index contributed by atoms with van der Waals surface area (Å²) in [6.07, 6.45) is 3.63. The maximum absolute atomic E-state index is 12.7. The molecule has 33 heavy (non-hydrogen) atoms. The number of carboxylic acid groups (broad SMARTS) is 3. The number of fused-ring (bicyclic) bond motifs is 1. The van der Waals surface area contributed by atoms with Gasteiger partial charge in [-0.3, -0.25) is 9.59 Å². The lowest BCUT2D eigenvalue weighted by molar-refractivity contribution is -0.172. The molecule has 0 spiro atoms. The first-order valence-corrected chi connectivity index (χ1v) is 13.1. The number of ether oxygens (including phenoxy) is 1. The fraction of sp³-hybridized carbons (Fsp3) is 0.571. The molecule has 9 N–H and O–H groups in total. The van der Waals surface area contributed by atoms with Gasteiger partial charge in [0.2, 0.25) is 0 Å². The first-order chi connectivity index (χ1) is 15.4. The topological polar surface area (TPSA) is 199 Å². The van der Waals surface area contributed by atoms with E-state index in [0.717, 1.165) is 0 Å². The SMILES string of the molecule is CSCCC(N)(C(=O)O)C1(C(N)(CCSC)C(=O)O)CCCc2c(N)ccc(C(=O)O)c2O1. The number of carbonyl (C=O) groups is 3. The Labute approximate surface area is 200 Å². The largest absolute Gasteiger partial charge is 0.481 e. The average molecular weight is 502 g/mol. The number of carboxylic acids is 3. The molecule has 2 unspecified atom stereocenters. The molecule has 0 amide bonds. The number of rotatable bonds is 11. The summed E-state index contributed by atoms with van der Waals surface area (Å²) in [6.45, 7) is 0. The zero-order chi connectivity index (χ0) is 25.0. The molecule has 2 atom stereocenters. The first-order valence-electron chi connectivity index (χ1n) is 10.3. The number of hydrogen-bond donors (Lipinski definition) is 6. The summed E-state index contributed by atoms with van der Waals surface area (Å²) in [5.41, 5.74) is 12.9. The molecule has 1 aromatic rings. The lowest BCUT2D eigenvalue weighted by Crippen LogP contribution is -2.82. The van der Waals surface area contributed by atoms with Crippen LogP contribution in [0.3, 0.4) is 0 Å². The molecule has 1 heterocycles. The van der Waals surface area contributed by atoms with Gasteiger partial charge in [-0.15, -0.1) is 0 Å². The molecule has 0 aliphatic carbocycles. The van der Waals surface area contributed by atoms with Crippen molar-refractivity contribution in [3.63, 3.8) is 0 Å². The predicted molar refractivity (Wildman–Crippen MR) is 129 cm³/mol. The summed E-state index contributed by atoms with van der Waals surface area (Å²) >= 11 is 2.68. The second-order valence-electron chi connectivity index (χ2n) is 8.14. The molecule has 0 saturated heterocycles. The van der Waals surface area contributed by atoms with E-state index in [1.54, 1.807) is 12.5 Å². The smallest absolute Gasteiger partial charge is 0.339 e.